The number of methoxy groups -OCH3 is 1. The van der Waals surface area contributed by atoms with Crippen molar-refractivity contribution in [1.82, 2.24) is 15.5 Å². The number of halogens is 2. The van der Waals surface area contributed by atoms with Gasteiger partial charge in [0.2, 0.25) is 0 Å². The molecular weight excluding hydrogens is 552 g/mol. The van der Waals surface area contributed by atoms with Crippen molar-refractivity contribution >= 4 is 11.8 Å². The maximum absolute atomic E-state index is 14.0. The third-order valence-electron chi connectivity index (χ3n) is 7.82. The Morgan fingerprint density at radius 3 is 2.47 bits per heavy atom. The van der Waals surface area contributed by atoms with Crippen LogP contribution in [0, 0.1) is 18.6 Å². The first-order chi connectivity index (χ1) is 20.7. The minimum absolute atomic E-state index is 0.00132. The predicted molar refractivity (Wildman–Crippen MR) is 162 cm³/mol. The van der Waals surface area contributed by atoms with E-state index in [0.29, 0.717) is 30.8 Å². The van der Waals surface area contributed by atoms with Gasteiger partial charge in [0.1, 0.15) is 11.6 Å². The zero-order valence-electron chi connectivity index (χ0n) is 25.0. The molecule has 3 aromatic carbocycles. The largest absolute Gasteiger partial charge is 0.390 e. The van der Waals surface area contributed by atoms with Gasteiger partial charge in [0.25, 0.3) is 11.8 Å². The smallest absolute Gasteiger partial charge is 0.254 e. The van der Waals surface area contributed by atoms with E-state index >= 15 is 0 Å². The highest BCUT2D eigenvalue weighted by molar-refractivity contribution is 6.00. The van der Waals surface area contributed by atoms with Gasteiger partial charge in [0, 0.05) is 43.9 Å². The van der Waals surface area contributed by atoms with E-state index in [2.05, 4.69) is 29.7 Å². The number of aryl methyl sites for hydroxylation is 2. The maximum atomic E-state index is 14.0. The molecule has 1 aliphatic rings. The minimum Gasteiger partial charge on any atom is -0.390 e. The summed E-state index contributed by atoms with van der Waals surface area (Å²) in [7, 11) is 1.61. The molecule has 4 rings (SSSR count). The Bertz CT molecular complexity index is 1400. The zero-order chi connectivity index (χ0) is 30.9. The van der Waals surface area contributed by atoms with Crippen molar-refractivity contribution in [3.63, 3.8) is 0 Å². The number of rotatable bonds is 13. The van der Waals surface area contributed by atoms with E-state index in [9.17, 15) is 23.5 Å². The number of likely N-dealkylation sites (tertiary alicyclic amines) is 1. The molecule has 0 spiro atoms. The molecule has 0 radical (unpaired) electrons. The van der Waals surface area contributed by atoms with E-state index in [4.69, 9.17) is 4.74 Å². The Morgan fingerprint density at radius 1 is 1.02 bits per heavy atom. The fraction of sp³-hybridized carbons (Fsp3) is 0.412. The first-order valence-corrected chi connectivity index (χ1v) is 14.8. The number of ether oxygens (including phenoxy) is 1. The van der Waals surface area contributed by atoms with Crippen LogP contribution in [-0.2, 0) is 24.1 Å². The third-order valence-corrected chi connectivity index (χ3v) is 7.82. The number of benzene rings is 3. The molecule has 2 amide bonds. The summed E-state index contributed by atoms with van der Waals surface area (Å²) in [6.45, 7) is 5.59. The second-order valence-electron chi connectivity index (χ2n) is 11.3. The summed E-state index contributed by atoms with van der Waals surface area (Å²) in [6, 6.07) is 15.4. The van der Waals surface area contributed by atoms with E-state index in [-0.39, 0.29) is 30.5 Å². The average Bonchev–Trinajstić information content (AvgIpc) is 3.44. The fourth-order valence-electron chi connectivity index (χ4n) is 5.66. The number of carbonyl (C=O) groups is 2. The van der Waals surface area contributed by atoms with Crippen LogP contribution in [0.3, 0.4) is 0 Å². The highest BCUT2D eigenvalue weighted by Crippen LogP contribution is 2.22. The molecule has 1 saturated heterocycles. The second-order valence-corrected chi connectivity index (χ2v) is 11.3. The number of aliphatic hydroxyl groups is 1. The van der Waals surface area contributed by atoms with E-state index in [1.807, 2.05) is 19.1 Å². The van der Waals surface area contributed by atoms with Crippen LogP contribution < -0.4 is 10.6 Å². The van der Waals surface area contributed by atoms with Gasteiger partial charge in [-0.3, -0.25) is 9.59 Å². The Balaban J connectivity index is 1.51. The van der Waals surface area contributed by atoms with Crippen LogP contribution in [0.25, 0.3) is 0 Å². The lowest BCUT2D eigenvalue weighted by Crippen LogP contribution is -2.48. The lowest BCUT2D eigenvalue weighted by atomic mass is 9.99. The standard InChI is InChI=1S/C34H41F2N3O4/c1-4-23-7-5-8-24(13-23)19-37-20-32(40)31(16-25-14-28(35)18-29(36)15-25)38-33(41)26-11-22(2)12-27(17-26)34(42)39-10-6-9-30(39)21-43-3/h5,7-8,11-15,17-18,30-32,37,40H,4,6,9-10,16,19-21H2,1-3H3,(H,38,41)/t30-,31-,32-/m0/s1. The zero-order valence-corrected chi connectivity index (χ0v) is 25.0. The topological polar surface area (TPSA) is 90.9 Å². The molecule has 3 aromatic rings. The Hall–Kier alpha value is -3.66. The highest BCUT2D eigenvalue weighted by atomic mass is 19.1. The molecule has 1 aliphatic heterocycles. The molecule has 0 aliphatic carbocycles. The van der Waals surface area contributed by atoms with Crippen molar-refractivity contribution < 1.29 is 28.2 Å². The van der Waals surface area contributed by atoms with Gasteiger partial charge in [-0.05, 0) is 85.2 Å². The molecule has 43 heavy (non-hydrogen) atoms. The number of carbonyl (C=O) groups excluding carboxylic acids is 2. The van der Waals surface area contributed by atoms with Crippen molar-refractivity contribution in [2.45, 2.75) is 64.3 Å². The maximum Gasteiger partial charge on any atom is 0.254 e. The molecule has 230 valence electrons. The van der Waals surface area contributed by atoms with Crippen molar-refractivity contribution in [2.75, 3.05) is 26.8 Å². The predicted octanol–water partition coefficient (Wildman–Crippen LogP) is 4.58. The van der Waals surface area contributed by atoms with Crippen LogP contribution in [0.1, 0.15) is 62.7 Å². The number of hydrogen-bond donors (Lipinski definition) is 3. The SMILES string of the molecule is CCc1cccc(CNC[C@H](O)[C@H](Cc2cc(F)cc(F)c2)NC(=O)c2cc(C)cc(C(=O)N3CCC[C@H]3COC)c2)c1. The van der Waals surface area contributed by atoms with Crippen molar-refractivity contribution in [3.8, 4) is 0 Å². The molecule has 0 saturated carbocycles. The van der Waals surface area contributed by atoms with Gasteiger partial charge in [-0.25, -0.2) is 8.78 Å². The molecule has 3 atom stereocenters. The van der Waals surface area contributed by atoms with Crippen LogP contribution in [0.4, 0.5) is 8.78 Å². The van der Waals surface area contributed by atoms with Crippen LogP contribution in [0.2, 0.25) is 0 Å². The van der Waals surface area contributed by atoms with Crippen molar-refractivity contribution in [1.29, 1.82) is 0 Å². The summed E-state index contributed by atoms with van der Waals surface area (Å²) in [5.74, 6) is -2.14. The van der Waals surface area contributed by atoms with Gasteiger partial charge < -0.3 is 25.4 Å². The van der Waals surface area contributed by atoms with E-state index in [1.165, 1.54) is 17.7 Å². The number of nitrogens with zero attached hydrogens (tertiary/aromatic N) is 1. The number of amides is 2. The summed E-state index contributed by atoms with van der Waals surface area (Å²) in [5.41, 5.74) is 3.95. The van der Waals surface area contributed by atoms with E-state index < -0.39 is 29.7 Å². The van der Waals surface area contributed by atoms with Crippen LogP contribution in [0.15, 0.2) is 60.7 Å². The monoisotopic (exact) mass is 593 g/mol. The van der Waals surface area contributed by atoms with E-state index in [1.54, 1.807) is 30.2 Å². The van der Waals surface area contributed by atoms with Gasteiger partial charge >= 0.3 is 0 Å². The Kier molecular flexibility index (Phi) is 11.4. The molecule has 3 N–H and O–H groups in total. The van der Waals surface area contributed by atoms with Crippen LogP contribution in [-0.4, -0.2) is 66.8 Å². The molecular formula is C34H41F2N3O4. The minimum atomic E-state index is -1.07. The summed E-state index contributed by atoms with van der Waals surface area (Å²) >= 11 is 0. The first kappa shape index (κ1) is 32.3. The highest BCUT2D eigenvalue weighted by Gasteiger charge is 2.30. The van der Waals surface area contributed by atoms with Crippen LogP contribution >= 0.6 is 0 Å². The van der Waals surface area contributed by atoms with Gasteiger partial charge in [-0.15, -0.1) is 0 Å². The number of hydrogen-bond acceptors (Lipinski definition) is 5. The van der Waals surface area contributed by atoms with Crippen molar-refractivity contribution in [2.24, 2.45) is 0 Å². The summed E-state index contributed by atoms with van der Waals surface area (Å²) < 4.78 is 33.3. The summed E-state index contributed by atoms with van der Waals surface area (Å²) in [4.78, 5) is 28.7. The van der Waals surface area contributed by atoms with E-state index in [0.717, 1.165) is 36.5 Å². The third kappa shape index (κ3) is 8.92. The number of nitrogens with one attached hydrogen (secondary N) is 2. The number of aliphatic hydroxyl groups excluding tert-OH is 1. The summed E-state index contributed by atoms with van der Waals surface area (Å²) in [6.07, 6.45) is 1.58. The summed E-state index contributed by atoms with van der Waals surface area (Å²) in [5, 5.41) is 17.3. The molecule has 0 aromatic heterocycles. The normalized spacial score (nSPS) is 16.2. The molecule has 0 unspecified atom stereocenters. The molecule has 1 heterocycles. The Labute approximate surface area is 252 Å². The first-order valence-electron chi connectivity index (χ1n) is 14.8. The lowest BCUT2D eigenvalue weighted by molar-refractivity contribution is 0.0630. The van der Waals surface area contributed by atoms with Gasteiger partial charge in [0.15, 0.2) is 0 Å². The lowest BCUT2D eigenvalue weighted by Gasteiger charge is -2.26. The van der Waals surface area contributed by atoms with Gasteiger partial charge in [-0.2, -0.15) is 0 Å². The van der Waals surface area contributed by atoms with Gasteiger partial charge in [-0.1, -0.05) is 31.2 Å². The Morgan fingerprint density at radius 2 is 1.74 bits per heavy atom. The second kappa shape index (κ2) is 15.2. The molecule has 0 bridgehead atoms. The fourth-order valence-corrected chi connectivity index (χ4v) is 5.66. The van der Waals surface area contributed by atoms with Crippen molar-refractivity contribution in [3.05, 3.63) is 106 Å². The molecule has 7 nitrogen and oxygen atoms in total. The van der Waals surface area contributed by atoms with Crippen LogP contribution in [0.5, 0.6) is 0 Å². The quantitative estimate of drug-likeness (QED) is 0.270. The van der Waals surface area contributed by atoms with Gasteiger partial charge in [0.05, 0.1) is 24.8 Å². The molecule has 1 fully saturated rings. The average molecular weight is 594 g/mol. The molecule has 9 heteroatoms.